The molecule has 13 nitrogen and oxygen atoms in total. The largest absolute Gasteiger partial charge is 0.534 e. The number of anilines is 2. The molecule has 19 heteroatoms. The number of nitrogens with zero attached hydrogens (tertiary/aromatic N) is 5. The Hall–Kier alpha value is -5.11. The molecule has 4 heterocycles. The van der Waals surface area contributed by atoms with Crippen molar-refractivity contribution in [3.8, 4) is 16.9 Å². The van der Waals surface area contributed by atoms with Crippen LogP contribution in [0.4, 0.5) is 24.9 Å². The van der Waals surface area contributed by atoms with Crippen molar-refractivity contribution >= 4 is 62.2 Å². The second-order valence-corrected chi connectivity index (χ2v) is 22.7. The molecule has 0 spiro atoms. The van der Waals surface area contributed by atoms with Crippen LogP contribution in [0.25, 0.3) is 33.1 Å². The number of fused-ring (bicyclic) bond motifs is 2. The Morgan fingerprint density at radius 2 is 1.62 bits per heavy atom. The average Bonchev–Trinajstić information content (AvgIpc) is 3.53. The van der Waals surface area contributed by atoms with Crippen molar-refractivity contribution in [2.24, 2.45) is 0 Å². The SMILES string of the molecule is CNc1nc(NCc2cc(CO[Si](C)(C)C(C)(C)C)ccn2)c2c(-c3ccc4ncc(OS(=O)(=O)C(F)(F)F)cc4c3)cn(S(=O)(=O)Cc3ccccc3)c2n1. The van der Waals surface area contributed by atoms with Crippen LogP contribution in [-0.4, -0.2) is 61.6 Å². The van der Waals surface area contributed by atoms with Crippen molar-refractivity contribution in [1.82, 2.24) is 23.9 Å². The van der Waals surface area contributed by atoms with Crippen LogP contribution in [0.2, 0.25) is 18.1 Å². The first-order chi connectivity index (χ1) is 26.2. The van der Waals surface area contributed by atoms with Gasteiger partial charge in [0.15, 0.2) is 19.7 Å². The van der Waals surface area contributed by atoms with Gasteiger partial charge in [-0.1, -0.05) is 57.2 Å². The molecule has 0 aliphatic carbocycles. The zero-order valence-corrected chi connectivity index (χ0v) is 34.0. The van der Waals surface area contributed by atoms with Crippen molar-refractivity contribution in [3.63, 3.8) is 0 Å². The van der Waals surface area contributed by atoms with Crippen LogP contribution >= 0.6 is 0 Å². The van der Waals surface area contributed by atoms with E-state index in [1.54, 1.807) is 55.7 Å². The monoisotopic (exact) mass is 827 g/mol. The zero-order valence-electron chi connectivity index (χ0n) is 31.3. The summed E-state index contributed by atoms with van der Waals surface area (Å²) in [6.45, 7) is 11.5. The molecule has 6 rings (SSSR count). The van der Waals surface area contributed by atoms with Gasteiger partial charge in [-0.25, -0.2) is 12.4 Å². The fourth-order valence-corrected chi connectivity index (χ4v) is 8.31. The highest BCUT2D eigenvalue weighted by atomic mass is 32.2. The van der Waals surface area contributed by atoms with Gasteiger partial charge in [-0.05, 0) is 65.2 Å². The molecule has 2 N–H and O–H groups in total. The Kier molecular flexibility index (Phi) is 10.9. The van der Waals surface area contributed by atoms with E-state index in [1.807, 2.05) is 12.1 Å². The minimum atomic E-state index is -5.96. The summed E-state index contributed by atoms with van der Waals surface area (Å²) in [5.74, 6) is -0.629. The maximum Gasteiger partial charge on any atom is 0.534 e. The Morgan fingerprint density at radius 1 is 0.893 bits per heavy atom. The third-order valence-corrected chi connectivity index (χ3v) is 16.5. The maximum atomic E-state index is 14.1. The molecule has 0 aliphatic heterocycles. The van der Waals surface area contributed by atoms with Crippen molar-refractivity contribution < 1.29 is 38.6 Å². The number of halogens is 3. The summed E-state index contributed by atoms with van der Waals surface area (Å²) < 4.78 is 103. The summed E-state index contributed by atoms with van der Waals surface area (Å²) in [4.78, 5) is 17.8. The smallest absolute Gasteiger partial charge is 0.413 e. The lowest BCUT2D eigenvalue weighted by Gasteiger charge is -2.36. The molecule has 296 valence electrons. The molecular weight excluding hydrogens is 788 g/mol. The predicted molar refractivity (Wildman–Crippen MR) is 211 cm³/mol. The second-order valence-electron chi connectivity index (χ2n) is 14.5. The van der Waals surface area contributed by atoms with Gasteiger partial charge in [0.05, 0.1) is 41.7 Å². The van der Waals surface area contributed by atoms with E-state index < -0.39 is 39.7 Å². The highest BCUT2D eigenvalue weighted by Gasteiger charge is 2.48. The van der Waals surface area contributed by atoms with Crippen LogP contribution in [0.3, 0.4) is 0 Å². The Morgan fingerprint density at radius 3 is 2.30 bits per heavy atom. The van der Waals surface area contributed by atoms with Gasteiger partial charge in [-0.3, -0.25) is 9.97 Å². The van der Waals surface area contributed by atoms with Crippen LogP contribution in [0.1, 0.15) is 37.6 Å². The van der Waals surface area contributed by atoms with Gasteiger partial charge in [0, 0.05) is 30.4 Å². The molecule has 0 bridgehead atoms. The molecule has 56 heavy (non-hydrogen) atoms. The number of hydrogen-bond acceptors (Lipinski definition) is 12. The highest BCUT2D eigenvalue weighted by Crippen LogP contribution is 2.39. The molecule has 0 aliphatic rings. The fraction of sp³-hybridized carbons (Fsp3) is 0.297. The summed E-state index contributed by atoms with van der Waals surface area (Å²) in [7, 11) is -10.5. The zero-order chi connectivity index (χ0) is 40.7. The number of aromatic nitrogens is 5. The lowest BCUT2D eigenvalue weighted by molar-refractivity contribution is -0.0500. The van der Waals surface area contributed by atoms with E-state index in [4.69, 9.17) is 4.43 Å². The lowest BCUT2D eigenvalue weighted by atomic mass is 10.0. The number of pyridine rings is 2. The van der Waals surface area contributed by atoms with Gasteiger partial charge in [-0.2, -0.15) is 31.6 Å². The molecular formula is C37H40F3N7O6S2Si. The van der Waals surface area contributed by atoms with E-state index in [2.05, 4.69) is 68.6 Å². The molecule has 0 fully saturated rings. The van der Waals surface area contributed by atoms with E-state index in [-0.39, 0.29) is 40.1 Å². The summed E-state index contributed by atoms with van der Waals surface area (Å²) >= 11 is 0. The lowest BCUT2D eigenvalue weighted by Crippen LogP contribution is -2.40. The summed E-state index contributed by atoms with van der Waals surface area (Å²) in [5, 5.41) is 6.77. The Labute approximate surface area is 323 Å². The molecule has 0 unspecified atom stereocenters. The van der Waals surface area contributed by atoms with E-state index >= 15 is 0 Å². The van der Waals surface area contributed by atoms with Crippen molar-refractivity contribution in [2.45, 2.75) is 63.3 Å². The molecule has 0 atom stereocenters. The molecule has 0 amide bonds. The second kappa shape index (κ2) is 15.1. The molecule has 4 aromatic heterocycles. The molecule has 6 aromatic rings. The Balaban J connectivity index is 1.45. The predicted octanol–water partition coefficient (Wildman–Crippen LogP) is 7.82. The highest BCUT2D eigenvalue weighted by molar-refractivity contribution is 7.89. The standard InChI is InChI=1S/C37H40F3N7O6S2Si/c1-36(2,3)56(5,6)52-22-25-14-15-42-28(16-25)19-44-33-32-30(26-12-13-31-27(17-26)18-29(20-43-31)53-55(50,51)37(38,39)40)21-47(34(32)46-35(41-4)45-33)54(48,49)23-24-10-8-7-9-11-24/h7-18,20-21H,19,22-23H2,1-6H3,(H2,41,44,45,46). The number of nitrogens with one attached hydrogen (secondary N) is 2. The number of hydrogen-bond donors (Lipinski definition) is 2. The van der Waals surface area contributed by atoms with E-state index in [1.165, 1.54) is 12.3 Å². The third-order valence-electron chi connectivity index (χ3n) is 9.51. The first kappa shape index (κ1) is 40.5. The van der Waals surface area contributed by atoms with Gasteiger partial charge in [0.1, 0.15) is 5.82 Å². The van der Waals surface area contributed by atoms with Crippen LogP contribution < -0.4 is 14.8 Å². The summed E-state index contributed by atoms with van der Waals surface area (Å²) in [5.41, 5.74) is -2.41. The van der Waals surface area contributed by atoms with Crippen molar-refractivity contribution in [3.05, 3.63) is 102 Å². The number of benzene rings is 2. The first-order valence-electron chi connectivity index (χ1n) is 17.3. The molecule has 0 saturated carbocycles. The van der Waals surface area contributed by atoms with Gasteiger partial charge >= 0.3 is 15.6 Å². The number of rotatable bonds is 13. The van der Waals surface area contributed by atoms with Gasteiger partial charge < -0.3 is 19.2 Å². The maximum absolute atomic E-state index is 14.1. The quantitative estimate of drug-likeness (QED) is 0.0659. The van der Waals surface area contributed by atoms with E-state index in [0.717, 1.165) is 21.8 Å². The topological polar surface area (TPSA) is 167 Å². The summed E-state index contributed by atoms with van der Waals surface area (Å²) in [6.07, 6.45) is 3.96. The van der Waals surface area contributed by atoms with Crippen LogP contribution in [0.15, 0.2) is 85.3 Å². The van der Waals surface area contributed by atoms with Crippen LogP contribution in [-0.2, 0) is 43.5 Å². The van der Waals surface area contributed by atoms with E-state index in [9.17, 15) is 30.0 Å². The van der Waals surface area contributed by atoms with Crippen molar-refractivity contribution in [1.29, 1.82) is 0 Å². The molecule has 0 saturated heterocycles. The van der Waals surface area contributed by atoms with E-state index in [0.29, 0.717) is 39.9 Å². The molecule has 0 radical (unpaired) electrons. The van der Waals surface area contributed by atoms with Gasteiger partial charge in [0.2, 0.25) is 16.0 Å². The van der Waals surface area contributed by atoms with Gasteiger partial charge in [0.25, 0.3) is 0 Å². The summed E-state index contributed by atoms with van der Waals surface area (Å²) in [6, 6.07) is 18.3. The minimum Gasteiger partial charge on any atom is -0.413 e. The first-order valence-corrected chi connectivity index (χ1v) is 23.2. The molecule has 2 aromatic carbocycles. The normalized spacial score (nSPS) is 12.9. The average molecular weight is 828 g/mol. The van der Waals surface area contributed by atoms with Gasteiger partial charge in [-0.15, -0.1) is 0 Å². The third kappa shape index (κ3) is 8.64. The van der Waals surface area contributed by atoms with Crippen molar-refractivity contribution in [2.75, 3.05) is 17.7 Å². The minimum absolute atomic E-state index is 0.0297. The van der Waals surface area contributed by atoms with Crippen LogP contribution in [0, 0.1) is 0 Å². The fourth-order valence-electron chi connectivity index (χ4n) is 5.49. The number of alkyl halides is 3. The Bertz CT molecular complexity index is 2640. The van der Waals surface area contributed by atoms with Crippen LogP contribution in [0.5, 0.6) is 5.75 Å².